The van der Waals surface area contributed by atoms with E-state index in [2.05, 4.69) is 18.8 Å². The van der Waals surface area contributed by atoms with Crippen molar-refractivity contribution in [2.24, 2.45) is 17.1 Å². The van der Waals surface area contributed by atoms with Gasteiger partial charge in [0.2, 0.25) is 5.88 Å². The summed E-state index contributed by atoms with van der Waals surface area (Å²) in [4.78, 5) is 4.26. The summed E-state index contributed by atoms with van der Waals surface area (Å²) in [5.74, 6) is 2.32. The van der Waals surface area contributed by atoms with Crippen molar-refractivity contribution in [2.45, 2.75) is 19.8 Å². The molecule has 0 spiro atoms. The average Bonchev–Trinajstić information content (AvgIpc) is 2.89. The van der Waals surface area contributed by atoms with E-state index in [1.54, 1.807) is 20.4 Å². The molecule has 1 aliphatic carbocycles. The lowest BCUT2D eigenvalue weighted by atomic mass is 10.0. The Hall–Kier alpha value is -1.29. The smallest absolute Gasteiger partial charge is 0.220 e. The van der Waals surface area contributed by atoms with Crippen LogP contribution in [0.3, 0.4) is 0 Å². The molecular weight excluding hydrogens is 216 g/mol. The molecule has 1 fully saturated rings. The van der Waals surface area contributed by atoms with Crippen LogP contribution in [0.4, 0.5) is 0 Å². The van der Waals surface area contributed by atoms with Crippen LogP contribution in [0.15, 0.2) is 12.3 Å². The molecule has 2 atom stereocenters. The third-order valence-electron chi connectivity index (χ3n) is 3.94. The Balaban J connectivity index is 2.45. The van der Waals surface area contributed by atoms with E-state index in [-0.39, 0.29) is 5.41 Å². The van der Waals surface area contributed by atoms with E-state index in [1.165, 1.54) is 0 Å². The van der Waals surface area contributed by atoms with Gasteiger partial charge in [-0.3, -0.25) is 0 Å². The zero-order valence-electron chi connectivity index (χ0n) is 10.9. The second kappa shape index (κ2) is 4.18. The van der Waals surface area contributed by atoms with E-state index in [1.807, 2.05) is 6.07 Å². The number of ether oxygens (including phenoxy) is 2. The second-order valence-corrected chi connectivity index (χ2v) is 5.08. The first kappa shape index (κ1) is 12.2. The van der Waals surface area contributed by atoms with Crippen molar-refractivity contribution in [1.29, 1.82) is 0 Å². The highest BCUT2D eigenvalue weighted by Crippen LogP contribution is 2.66. The Morgan fingerprint density at radius 3 is 2.53 bits per heavy atom. The molecule has 0 bridgehead atoms. The van der Waals surface area contributed by atoms with Crippen molar-refractivity contribution in [1.82, 2.24) is 4.98 Å². The lowest BCUT2D eigenvalue weighted by Gasteiger charge is -2.12. The van der Waals surface area contributed by atoms with Crippen LogP contribution in [0.5, 0.6) is 11.6 Å². The second-order valence-electron chi connectivity index (χ2n) is 5.08. The van der Waals surface area contributed by atoms with Gasteiger partial charge in [0.05, 0.1) is 19.8 Å². The van der Waals surface area contributed by atoms with Crippen LogP contribution in [0.1, 0.15) is 25.3 Å². The Kier molecular flexibility index (Phi) is 3.00. The molecule has 1 aromatic heterocycles. The minimum atomic E-state index is 0.193. The van der Waals surface area contributed by atoms with Gasteiger partial charge in [0.1, 0.15) is 5.75 Å². The van der Waals surface area contributed by atoms with Gasteiger partial charge in [0.25, 0.3) is 0 Å². The summed E-state index contributed by atoms with van der Waals surface area (Å²) in [6, 6.07) is 1.87. The predicted molar refractivity (Wildman–Crippen MR) is 66.4 cm³/mol. The number of aromatic nitrogens is 1. The zero-order valence-corrected chi connectivity index (χ0v) is 10.9. The number of pyridine rings is 1. The van der Waals surface area contributed by atoms with Crippen LogP contribution in [0.25, 0.3) is 0 Å². The highest BCUT2D eigenvalue weighted by atomic mass is 16.5. The predicted octanol–water partition coefficient (Wildman–Crippen LogP) is 1.80. The summed E-state index contributed by atoms with van der Waals surface area (Å²) in [5, 5.41) is 0. The van der Waals surface area contributed by atoms with Gasteiger partial charge in [-0.05, 0) is 23.9 Å². The molecule has 94 valence electrons. The fourth-order valence-electron chi connectivity index (χ4n) is 2.82. The third-order valence-corrected chi connectivity index (χ3v) is 3.94. The number of hydrogen-bond donors (Lipinski definition) is 1. The molecule has 4 heteroatoms. The molecule has 1 heterocycles. The molecule has 2 N–H and O–H groups in total. The quantitative estimate of drug-likeness (QED) is 0.866. The number of rotatable bonds is 4. The number of nitrogens with two attached hydrogens (primary N) is 1. The van der Waals surface area contributed by atoms with Crippen molar-refractivity contribution in [3.8, 4) is 11.6 Å². The molecule has 0 unspecified atom stereocenters. The average molecular weight is 236 g/mol. The first-order chi connectivity index (χ1) is 8.07. The van der Waals surface area contributed by atoms with E-state index in [9.17, 15) is 0 Å². The van der Waals surface area contributed by atoms with E-state index in [0.29, 0.717) is 24.3 Å². The van der Waals surface area contributed by atoms with Crippen LogP contribution in [0.2, 0.25) is 0 Å². The van der Waals surface area contributed by atoms with Crippen molar-refractivity contribution >= 4 is 0 Å². The fraction of sp³-hybridized carbons (Fsp3) is 0.615. The number of nitrogens with zero attached hydrogens (tertiary/aromatic N) is 1. The van der Waals surface area contributed by atoms with Crippen molar-refractivity contribution in [3.05, 3.63) is 17.8 Å². The van der Waals surface area contributed by atoms with Gasteiger partial charge in [-0.2, -0.15) is 0 Å². The van der Waals surface area contributed by atoms with Crippen LogP contribution >= 0.6 is 0 Å². The van der Waals surface area contributed by atoms with E-state index >= 15 is 0 Å². The molecule has 2 rings (SSSR count). The zero-order chi connectivity index (χ0) is 12.6. The van der Waals surface area contributed by atoms with Crippen molar-refractivity contribution < 1.29 is 9.47 Å². The lowest BCUT2D eigenvalue weighted by Crippen LogP contribution is -2.05. The van der Waals surface area contributed by atoms with Crippen molar-refractivity contribution in [3.63, 3.8) is 0 Å². The minimum Gasteiger partial charge on any atom is -0.496 e. The lowest BCUT2D eigenvalue weighted by molar-refractivity contribution is 0.370. The van der Waals surface area contributed by atoms with Gasteiger partial charge < -0.3 is 15.2 Å². The number of methoxy groups -OCH3 is 2. The SMILES string of the molecule is COc1ccnc(OC)c1[C@@H]1[C@@H](CN)C1(C)C. The highest BCUT2D eigenvalue weighted by molar-refractivity contribution is 5.48. The number of hydrogen-bond acceptors (Lipinski definition) is 4. The fourth-order valence-corrected chi connectivity index (χ4v) is 2.82. The Morgan fingerprint density at radius 1 is 1.35 bits per heavy atom. The minimum absolute atomic E-state index is 0.193. The molecular formula is C13H20N2O2. The van der Waals surface area contributed by atoms with E-state index < -0.39 is 0 Å². The largest absolute Gasteiger partial charge is 0.496 e. The van der Waals surface area contributed by atoms with Gasteiger partial charge in [0.15, 0.2) is 0 Å². The maximum absolute atomic E-state index is 5.82. The molecule has 1 aromatic rings. The summed E-state index contributed by atoms with van der Waals surface area (Å²) in [7, 11) is 3.31. The Labute approximate surface area is 102 Å². The molecule has 0 amide bonds. The van der Waals surface area contributed by atoms with E-state index in [0.717, 1.165) is 11.3 Å². The van der Waals surface area contributed by atoms with Gasteiger partial charge in [-0.1, -0.05) is 13.8 Å². The summed E-state index contributed by atoms with van der Waals surface area (Å²) < 4.78 is 10.8. The summed E-state index contributed by atoms with van der Waals surface area (Å²) in [6.07, 6.45) is 1.70. The molecule has 0 aliphatic heterocycles. The Morgan fingerprint density at radius 2 is 2.06 bits per heavy atom. The van der Waals surface area contributed by atoms with Gasteiger partial charge in [-0.25, -0.2) is 4.98 Å². The molecule has 0 aromatic carbocycles. The van der Waals surface area contributed by atoms with Crippen molar-refractivity contribution in [2.75, 3.05) is 20.8 Å². The first-order valence-electron chi connectivity index (χ1n) is 5.84. The molecule has 0 radical (unpaired) electrons. The summed E-state index contributed by atoms with van der Waals surface area (Å²) >= 11 is 0. The molecule has 1 aliphatic rings. The maximum atomic E-state index is 5.82. The Bertz CT molecular complexity index is 396. The summed E-state index contributed by atoms with van der Waals surface area (Å²) in [5.41, 5.74) is 7.06. The molecule has 1 saturated carbocycles. The first-order valence-corrected chi connectivity index (χ1v) is 5.84. The van der Waals surface area contributed by atoms with E-state index in [4.69, 9.17) is 15.2 Å². The summed E-state index contributed by atoms with van der Waals surface area (Å²) in [6.45, 7) is 5.13. The van der Waals surface area contributed by atoms with Gasteiger partial charge in [-0.15, -0.1) is 0 Å². The maximum Gasteiger partial charge on any atom is 0.220 e. The molecule has 4 nitrogen and oxygen atoms in total. The topological polar surface area (TPSA) is 57.4 Å². The highest BCUT2D eigenvalue weighted by Gasteiger charge is 2.59. The standard InChI is InChI=1S/C13H20N2O2/c1-13(2)8(7-14)11(13)10-9(16-3)5-6-15-12(10)17-4/h5-6,8,11H,7,14H2,1-4H3/t8-,11+/m1/s1. The van der Waals surface area contributed by atoms with Gasteiger partial charge >= 0.3 is 0 Å². The monoisotopic (exact) mass is 236 g/mol. The third kappa shape index (κ3) is 1.76. The van der Waals surface area contributed by atoms with Crippen LogP contribution in [-0.2, 0) is 0 Å². The van der Waals surface area contributed by atoms with Crippen LogP contribution in [-0.4, -0.2) is 25.7 Å². The van der Waals surface area contributed by atoms with Crippen LogP contribution in [0, 0.1) is 11.3 Å². The van der Waals surface area contributed by atoms with Gasteiger partial charge in [0, 0.05) is 12.1 Å². The van der Waals surface area contributed by atoms with Crippen LogP contribution < -0.4 is 15.2 Å². The molecule has 17 heavy (non-hydrogen) atoms. The normalized spacial score (nSPS) is 25.5. The molecule has 0 saturated heterocycles.